The molecular weight excluding hydrogens is 276 g/mol. The summed E-state index contributed by atoms with van der Waals surface area (Å²) >= 11 is 0. The van der Waals surface area contributed by atoms with Crippen molar-refractivity contribution in [2.45, 2.75) is 44.9 Å². The van der Waals surface area contributed by atoms with Gasteiger partial charge < -0.3 is 24.8 Å². The number of carbonyl (C=O) groups excluding carboxylic acids is 1. The minimum Gasteiger partial charge on any atom is -0.459 e. The Hall–Kier alpha value is -1.47. The quantitative estimate of drug-likeness (QED) is 0.694. The minimum atomic E-state index is -1.19. The van der Waals surface area contributed by atoms with Gasteiger partial charge in [0.05, 0.1) is 11.7 Å². The van der Waals surface area contributed by atoms with Gasteiger partial charge in [-0.1, -0.05) is 6.07 Å². The zero-order chi connectivity index (χ0) is 15.6. The smallest absolute Gasteiger partial charge is 0.338 e. The van der Waals surface area contributed by atoms with Crippen molar-refractivity contribution in [2.75, 3.05) is 6.61 Å². The van der Waals surface area contributed by atoms with Crippen LogP contribution in [-0.2, 0) is 9.47 Å². The summed E-state index contributed by atoms with van der Waals surface area (Å²) in [5.74, 6) is -0.538. The highest BCUT2D eigenvalue weighted by Gasteiger charge is 2.36. The summed E-state index contributed by atoms with van der Waals surface area (Å²) in [6.45, 7) is 3.60. The third kappa shape index (κ3) is 3.79. The maximum atomic E-state index is 11.9. The van der Waals surface area contributed by atoms with Gasteiger partial charge in [0.25, 0.3) is 0 Å². The van der Waals surface area contributed by atoms with Crippen molar-refractivity contribution in [1.82, 2.24) is 0 Å². The van der Waals surface area contributed by atoms with Gasteiger partial charge >= 0.3 is 5.97 Å². The number of aryl methyl sites for hydroxylation is 2. The molecule has 0 radical (unpaired) electrons. The van der Waals surface area contributed by atoms with Crippen LogP contribution in [0.15, 0.2) is 18.2 Å². The van der Waals surface area contributed by atoms with Gasteiger partial charge in [0.1, 0.15) is 18.8 Å². The van der Waals surface area contributed by atoms with E-state index in [0.29, 0.717) is 5.56 Å². The zero-order valence-corrected chi connectivity index (χ0v) is 12.0. The lowest BCUT2D eigenvalue weighted by molar-refractivity contribution is -0.239. The second-order valence-corrected chi connectivity index (χ2v) is 5.32. The van der Waals surface area contributed by atoms with E-state index in [1.807, 2.05) is 19.9 Å². The number of esters is 1. The highest BCUT2D eigenvalue weighted by atomic mass is 16.6. The van der Waals surface area contributed by atoms with E-state index in [-0.39, 0.29) is 13.0 Å². The molecule has 1 fully saturated rings. The van der Waals surface area contributed by atoms with Crippen molar-refractivity contribution >= 4 is 5.97 Å². The Morgan fingerprint density at radius 3 is 2.67 bits per heavy atom. The first-order valence-corrected chi connectivity index (χ1v) is 6.82. The molecule has 3 N–H and O–H groups in total. The van der Waals surface area contributed by atoms with Crippen LogP contribution in [0.25, 0.3) is 0 Å². The van der Waals surface area contributed by atoms with E-state index in [4.69, 9.17) is 9.47 Å². The number of hydrogen-bond acceptors (Lipinski definition) is 6. The van der Waals surface area contributed by atoms with E-state index >= 15 is 0 Å². The van der Waals surface area contributed by atoms with E-state index in [9.17, 15) is 20.1 Å². The van der Waals surface area contributed by atoms with Crippen LogP contribution < -0.4 is 0 Å². The van der Waals surface area contributed by atoms with Crippen molar-refractivity contribution in [1.29, 1.82) is 0 Å². The van der Waals surface area contributed by atoms with Gasteiger partial charge in [-0.25, -0.2) is 4.79 Å². The Bertz CT molecular complexity index is 515. The summed E-state index contributed by atoms with van der Waals surface area (Å²) in [7, 11) is 0. The van der Waals surface area contributed by atoms with Crippen LogP contribution >= 0.6 is 0 Å². The summed E-state index contributed by atoms with van der Waals surface area (Å²) in [4.78, 5) is 11.9. The summed E-state index contributed by atoms with van der Waals surface area (Å²) in [5.41, 5.74) is 2.46. The molecule has 4 unspecified atom stereocenters. The lowest BCUT2D eigenvalue weighted by Crippen LogP contribution is -2.50. The van der Waals surface area contributed by atoms with Crippen LogP contribution in [0.4, 0.5) is 0 Å². The fraction of sp³-hybridized carbons (Fsp3) is 0.533. The average molecular weight is 296 g/mol. The Labute approximate surface area is 122 Å². The predicted octanol–water partition coefficient (Wildman–Crippen LogP) is 0.289. The molecular formula is C15H20O6. The molecule has 6 nitrogen and oxygen atoms in total. The lowest BCUT2D eigenvalue weighted by atomic mass is 10.0. The maximum Gasteiger partial charge on any atom is 0.338 e. The van der Waals surface area contributed by atoms with Gasteiger partial charge in [0.15, 0.2) is 6.29 Å². The number of benzene rings is 1. The monoisotopic (exact) mass is 296 g/mol. The molecule has 0 amide bonds. The number of rotatable bonds is 3. The van der Waals surface area contributed by atoms with Crippen LogP contribution in [0, 0.1) is 13.8 Å². The number of aliphatic hydroxyl groups is 3. The van der Waals surface area contributed by atoms with Gasteiger partial charge in [-0.2, -0.15) is 0 Å². The second kappa shape index (κ2) is 6.53. The van der Waals surface area contributed by atoms with Crippen LogP contribution in [0.5, 0.6) is 0 Å². The minimum absolute atomic E-state index is 0.0667. The Morgan fingerprint density at radius 2 is 2.00 bits per heavy atom. The van der Waals surface area contributed by atoms with Crippen LogP contribution in [-0.4, -0.2) is 52.5 Å². The Morgan fingerprint density at radius 1 is 1.29 bits per heavy atom. The van der Waals surface area contributed by atoms with Gasteiger partial charge in [0, 0.05) is 6.42 Å². The van der Waals surface area contributed by atoms with Crippen LogP contribution in [0.2, 0.25) is 0 Å². The first kappa shape index (κ1) is 15.9. The van der Waals surface area contributed by atoms with Crippen molar-refractivity contribution in [3.8, 4) is 0 Å². The molecule has 0 saturated carbocycles. The van der Waals surface area contributed by atoms with Crippen LogP contribution in [0.1, 0.15) is 27.9 Å². The van der Waals surface area contributed by atoms with E-state index in [2.05, 4.69) is 0 Å². The van der Waals surface area contributed by atoms with Gasteiger partial charge in [-0.15, -0.1) is 0 Å². The molecule has 116 valence electrons. The molecule has 1 aliphatic heterocycles. The molecule has 0 aliphatic carbocycles. The van der Waals surface area contributed by atoms with Crippen molar-refractivity contribution < 1.29 is 29.6 Å². The first-order chi connectivity index (χ1) is 9.88. The molecule has 0 spiro atoms. The van der Waals surface area contributed by atoms with Crippen molar-refractivity contribution in [3.63, 3.8) is 0 Å². The van der Waals surface area contributed by atoms with E-state index in [1.165, 1.54) is 0 Å². The lowest BCUT2D eigenvalue weighted by Gasteiger charge is -2.34. The molecule has 1 heterocycles. The molecule has 1 aromatic rings. The molecule has 2 rings (SSSR count). The standard InChI is InChI=1S/C15H20O6/c1-8-3-4-10(5-9(8)2)15(19)20-7-12-14(18)11(16)6-13(17)21-12/h3-5,11-14,16-18H,6-7H2,1-2H3. The van der Waals surface area contributed by atoms with Gasteiger partial charge in [0.2, 0.25) is 0 Å². The normalized spacial score (nSPS) is 29.2. The number of hydrogen-bond donors (Lipinski definition) is 3. The highest BCUT2D eigenvalue weighted by Crippen LogP contribution is 2.20. The van der Waals surface area contributed by atoms with E-state index < -0.39 is 30.6 Å². The number of aliphatic hydroxyl groups excluding tert-OH is 3. The topological polar surface area (TPSA) is 96.2 Å². The average Bonchev–Trinajstić information content (AvgIpc) is 2.43. The van der Waals surface area contributed by atoms with Crippen molar-refractivity contribution in [3.05, 3.63) is 34.9 Å². The zero-order valence-electron chi connectivity index (χ0n) is 12.0. The van der Waals surface area contributed by atoms with E-state index in [1.54, 1.807) is 12.1 Å². The maximum absolute atomic E-state index is 11.9. The molecule has 6 heteroatoms. The largest absolute Gasteiger partial charge is 0.459 e. The molecule has 1 aromatic carbocycles. The summed E-state index contributed by atoms with van der Waals surface area (Å²) in [5, 5.41) is 28.7. The fourth-order valence-electron chi connectivity index (χ4n) is 2.18. The third-order valence-electron chi connectivity index (χ3n) is 3.67. The van der Waals surface area contributed by atoms with Gasteiger partial charge in [-0.05, 0) is 37.1 Å². The predicted molar refractivity (Wildman–Crippen MR) is 73.7 cm³/mol. The van der Waals surface area contributed by atoms with Crippen LogP contribution in [0.3, 0.4) is 0 Å². The third-order valence-corrected chi connectivity index (χ3v) is 3.67. The Kier molecular flexibility index (Phi) is 4.95. The Balaban J connectivity index is 1.95. The van der Waals surface area contributed by atoms with E-state index in [0.717, 1.165) is 11.1 Å². The first-order valence-electron chi connectivity index (χ1n) is 6.82. The number of ether oxygens (including phenoxy) is 2. The molecule has 4 atom stereocenters. The fourth-order valence-corrected chi connectivity index (χ4v) is 2.18. The SMILES string of the molecule is Cc1ccc(C(=O)OCC2OC(O)CC(O)C2O)cc1C. The summed E-state index contributed by atoms with van der Waals surface area (Å²) < 4.78 is 10.1. The van der Waals surface area contributed by atoms with Gasteiger partial charge in [-0.3, -0.25) is 0 Å². The van der Waals surface area contributed by atoms with Crippen molar-refractivity contribution in [2.24, 2.45) is 0 Å². The molecule has 1 saturated heterocycles. The summed E-state index contributed by atoms with van der Waals surface area (Å²) in [6, 6.07) is 5.21. The summed E-state index contributed by atoms with van der Waals surface area (Å²) in [6.07, 6.45) is -4.48. The molecule has 0 bridgehead atoms. The number of carbonyl (C=O) groups is 1. The highest BCUT2D eigenvalue weighted by molar-refractivity contribution is 5.89. The second-order valence-electron chi connectivity index (χ2n) is 5.32. The molecule has 1 aliphatic rings. The molecule has 0 aromatic heterocycles. The molecule has 21 heavy (non-hydrogen) atoms.